The van der Waals surface area contributed by atoms with Crippen molar-refractivity contribution in [2.75, 3.05) is 13.2 Å². The number of carbonyl (C=O) groups is 2. The highest BCUT2D eigenvalue weighted by atomic mass is 16.8. The minimum absolute atomic E-state index is 0.368. The fourth-order valence-corrected chi connectivity index (χ4v) is 1.27. The van der Waals surface area contributed by atoms with E-state index in [9.17, 15) is 9.59 Å². The molecule has 7 heteroatoms. The first-order valence-corrected chi connectivity index (χ1v) is 5.69. The van der Waals surface area contributed by atoms with Crippen molar-refractivity contribution in [2.45, 2.75) is 24.8 Å². The van der Waals surface area contributed by atoms with Crippen LogP contribution in [0.2, 0.25) is 0 Å². The Bertz CT molecular complexity index is 348. The van der Waals surface area contributed by atoms with E-state index in [1.54, 1.807) is 0 Å². The van der Waals surface area contributed by atoms with Crippen LogP contribution in [-0.4, -0.2) is 49.9 Å². The van der Waals surface area contributed by atoms with Crippen molar-refractivity contribution in [2.24, 2.45) is 0 Å². The number of epoxide rings is 2. The highest BCUT2D eigenvalue weighted by Gasteiger charge is 2.44. The molecule has 7 nitrogen and oxygen atoms in total. The average Bonchev–Trinajstić information content (AvgIpc) is 3.28. The van der Waals surface area contributed by atoms with Gasteiger partial charge < -0.3 is 18.9 Å². The second-order valence-corrected chi connectivity index (χ2v) is 3.90. The van der Waals surface area contributed by atoms with E-state index in [1.165, 1.54) is 0 Å². The van der Waals surface area contributed by atoms with Gasteiger partial charge in [-0.1, -0.05) is 13.2 Å². The quantitative estimate of drug-likeness (QED) is 0.263. The smallest absolute Gasteiger partial charge is 0.332 e. The largest absolute Gasteiger partial charge is 0.429 e. The number of hydrogen-bond acceptors (Lipinski definition) is 7. The number of carbonyl (C=O) groups excluding carboxylic acids is 2. The average molecular weight is 270 g/mol. The van der Waals surface area contributed by atoms with E-state index >= 15 is 0 Å². The minimum atomic E-state index is -0.961. The molecule has 0 aromatic heterocycles. The van der Waals surface area contributed by atoms with Crippen LogP contribution < -0.4 is 0 Å². The molecule has 2 rings (SSSR count). The molecule has 4 atom stereocenters. The Hall–Kier alpha value is -1.70. The van der Waals surface area contributed by atoms with Crippen molar-refractivity contribution in [3.05, 3.63) is 25.3 Å². The van der Waals surface area contributed by atoms with Gasteiger partial charge in [0.15, 0.2) is 0 Å². The first-order valence-electron chi connectivity index (χ1n) is 5.69. The Morgan fingerprint density at radius 1 is 1.00 bits per heavy atom. The molecule has 0 amide bonds. The Labute approximate surface area is 109 Å². The van der Waals surface area contributed by atoms with Crippen LogP contribution >= 0.6 is 0 Å². The highest BCUT2D eigenvalue weighted by molar-refractivity contribution is 5.81. The maximum absolute atomic E-state index is 11.2. The normalized spacial score (nSPS) is 26.7. The molecular weight excluding hydrogens is 256 g/mol. The highest BCUT2D eigenvalue weighted by Crippen LogP contribution is 2.25. The SMILES string of the molecule is C=CC(=O)OC(OC(OC(=O)C=C)C1CO1)C1CO1. The van der Waals surface area contributed by atoms with E-state index in [0.717, 1.165) is 12.2 Å². The van der Waals surface area contributed by atoms with Gasteiger partial charge in [-0.25, -0.2) is 9.59 Å². The van der Waals surface area contributed by atoms with Crippen molar-refractivity contribution >= 4 is 11.9 Å². The molecule has 0 aliphatic carbocycles. The van der Waals surface area contributed by atoms with Crippen molar-refractivity contribution in [3.63, 3.8) is 0 Å². The summed E-state index contributed by atoms with van der Waals surface area (Å²) in [6.45, 7) is 7.39. The van der Waals surface area contributed by atoms with E-state index in [2.05, 4.69) is 13.2 Å². The van der Waals surface area contributed by atoms with Crippen LogP contribution in [0.1, 0.15) is 0 Å². The molecule has 2 aliphatic heterocycles. The molecule has 0 aromatic carbocycles. The predicted octanol–water partition coefficient (Wildman–Crippen LogP) is -0.0888. The summed E-state index contributed by atoms with van der Waals surface area (Å²) >= 11 is 0. The fraction of sp³-hybridized carbons (Fsp3) is 0.500. The third-order valence-corrected chi connectivity index (χ3v) is 2.39. The van der Waals surface area contributed by atoms with Crippen LogP contribution in [0.5, 0.6) is 0 Å². The molecule has 104 valence electrons. The topological polar surface area (TPSA) is 86.9 Å². The van der Waals surface area contributed by atoms with E-state index in [-0.39, 0.29) is 12.2 Å². The van der Waals surface area contributed by atoms with Gasteiger partial charge in [-0.15, -0.1) is 0 Å². The van der Waals surface area contributed by atoms with Crippen LogP contribution in [-0.2, 0) is 33.3 Å². The maximum Gasteiger partial charge on any atom is 0.332 e. The molecule has 2 heterocycles. The van der Waals surface area contributed by atoms with Gasteiger partial charge in [0.2, 0.25) is 12.6 Å². The Balaban J connectivity index is 1.92. The zero-order valence-corrected chi connectivity index (χ0v) is 10.2. The van der Waals surface area contributed by atoms with Gasteiger partial charge in [0.1, 0.15) is 12.2 Å². The summed E-state index contributed by atoms with van der Waals surface area (Å²) in [4.78, 5) is 22.3. The zero-order valence-electron chi connectivity index (χ0n) is 10.2. The van der Waals surface area contributed by atoms with Gasteiger partial charge in [0.25, 0.3) is 0 Å². The zero-order chi connectivity index (χ0) is 13.8. The Morgan fingerprint density at radius 3 is 1.63 bits per heavy atom. The minimum Gasteiger partial charge on any atom is -0.429 e. The fourth-order valence-electron chi connectivity index (χ4n) is 1.27. The van der Waals surface area contributed by atoms with Crippen LogP contribution in [0.15, 0.2) is 25.3 Å². The predicted molar refractivity (Wildman–Crippen MR) is 60.7 cm³/mol. The van der Waals surface area contributed by atoms with E-state index in [0.29, 0.717) is 13.2 Å². The lowest BCUT2D eigenvalue weighted by molar-refractivity contribution is -0.242. The third-order valence-electron chi connectivity index (χ3n) is 2.39. The lowest BCUT2D eigenvalue weighted by atomic mass is 10.4. The molecule has 2 aliphatic rings. The molecule has 0 radical (unpaired) electrons. The van der Waals surface area contributed by atoms with Crippen LogP contribution in [0.4, 0.5) is 0 Å². The standard InChI is InChI=1S/C12H14O7/c1-3-9(13)17-11(7-5-15-7)19-12(8-6-16-8)18-10(14)4-2/h3-4,7-8,11-12H,1-2,5-6H2. The lowest BCUT2D eigenvalue weighted by Gasteiger charge is -2.21. The first kappa shape index (κ1) is 13.7. The Morgan fingerprint density at radius 2 is 1.37 bits per heavy atom. The van der Waals surface area contributed by atoms with Crippen LogP contribution in [0.25, 0.3) is 0 Å². The van der Waals surface area contributed by atoms with Gasteiger partial charge in [-0.05, 0) is 0 Å². The molecule has 0 N–H and O–H groups in total. The van der Waals surface area contributed by atoms with Crippen LogP contribution in [0, 0.1) is 0 Å². The molecule has 0 saturated carbocycles. The summed E-state index contributed by atoms with van der Waals surface area (Å²) in [6.07, 6.45) is -0.636. The van der Waals surface area contributed by atoms with E-state index in [1.807, 2.05) is 0 Å². The van der Waals surface area contributed by atoms with Crippen molar-refractivity contribution in [1.29, 1.82) is 0 Å². The summed E-state index contributed by atoms with van der Waals surface area (Å²) < 4.78 is 25.4. The number of hydrogen-bond donors (Lipinski definition) is 0. The summed E-state index contributed by atoms with van der Waals surface area (Å²) in [5.41, 5.74) is 0. The molecule has 0 bridgehead atoms. The van der Waals surface area contributed by atoms with Gasteiger partial charge >= 0.3 is 11.9 Å². The summed E-state index contributed by atoms with van der Waals surface area (Å²) in [7, 11) is 0. The molecule has 19 heavy (non-hydrogen) atoms. The molecule has 4 unspecified atom stereocenters. The van der Waals surface area contributed by atoms with E-state index < -0.39 is 24.5 Å². The molecule has 0 spiro atoms. The lowest BCUT2D eigenvalue weighted by Crippen LogP contribution is -2.36. The van der Waals surface area contributed by atoms with Crippen molar-refractivity contribution < 1.29 is 33.3 Å². The molecule has 2 saturated heterocycles. The number of esters is 2. The van der Waals surface area contributed by atoms with Gasteiger partial charge in [-0.2, -0.15) is 0 Å². The van der Waals surface area contributed by atoms with Crippen molar-refractivity contribution in [3.8, 4) is 0 Å². The second kappa shape index (κ2) is 5.96. The first-order chi connectivity index (χ1) is 9.13. The third kappa shape index (κ3) is 4.16. The van der Waals surface area contributed by atoms with Crippen LogP contribution in [0.3, 0.4) is 0 Å². The summed E-state index contributed by atoms with van der Waals surface area (Å²) in [5, 5.41) is 0. The summed E-state index contributed by atoms with van der Waals surface area (Å²) in [5.74, 6) is -1.29. The monoisotopic (exact) mass is 270 g/mol. The number of rotatable bonds is 8. The summed E-state index contributed by atoms with van der Waals surface area (Å²) in [6, 6.07) is 0. The van der Waals surface area contributed by atoms with Gasteiger partial charge in [0.05, 0.1) is 13.2 Å². The van der Waals surface area contributed by atoms with Gasteiger partial charge in [0, 0.05) is 12.2 Å². The molecule has 0 aromatic rings. The van der Waals surface area contributed by atoms with E-state index in [4.69, 9.17) is 23.7 Å². The van der Waals surface area contributed by atoms with Crippen molar-refractivity contribution in [1.82, 2.24) is 0 Å². The molecular formula is C12H14O7. The number of ether oxygens (including phenoxy) is 5. The maximum atomic E-state index is 11.2. The van der Waals surface area contributed by atoms with Gasteiger partial charge in [-0.3, -0.25) is 4.74 Å². The molecule has 2 fully saturated rings. The second-order valence-electron chi connectivity index (χ2n) is 3.90. The Kier molecular flexibility index (Phi) is 4.31.